The van der Waals surface area contributed by atoms with Gasteiger partial charge >= 0.3 is 0 Å². The van der Waals surface area contributed by atoms with Crippen molar-refractivity contribution in [3.8, 4) is 124 Å². The highest BCUT2D eigenvalue weighted by Gasteiger charge is 2.45. The lowest BCUT2D eigenvalue weighted by atomic mass is 10.1. The minimum Gasteiger partial charge on any atom is -0.454 e. The summed E-state index contributed by atoms with van der Waals surface area (Å²) in [7, 11) is -6.02. The zero-order chi connectivity index (χ0) is 97.8. The van der Waals surface area contributed by atoms with Gasteiger partial charge in [0.15, 0.2) is 23.1 Å². The van der Waals surface area contributed by atoms with E-state index in [9.17, 15) is 0 Å². The molecule has 12 heterocycles. The Kier molecular flexibility index (Phi) is 19.4. The van der Waals surface area contributed by atoms with Gasteiger partial charge in [0.1, 0.15) is 29.8 Å². The molecule has 147 heavy (non-hydrogen) atoms. The number of thiophene rings is 1. The first kappa shape index (κ1) is 86.0. The fourth-order valence-electron chi connectivity index (χ4n) is 24.5. The highest BCUT2D eigenvalue weighted by molar-refractivity contribution is 7.26. The van der Waals surface area contributed by atoms with Gasteiger partial charge in [-0.2, -0.15) is 0 Å². The molecule has 0 radical (unpaired) electrons. The summed E-state index contributed by atoms with van der Waals surface area (Å²) < 4.78 is 18.8. The van der Waals surface area contributed by atoms with Crippen molar-refractivity contribution in [3.05, 3.63) is 449 Å². The molecule has 11 nitrogen and oxygen atoms in total. The van der Waals surface area contributed by atoms with Crippen LogP contribution >= 0.6 is 11.3 Å². The quantitative estimate of drug-likeness (QED) is 0.125. The van der Waals surface area contributed by atoms with Crippen molar-refractivity contribution >= 4 is 196 Å². The van der Waals surface area contributed by atoms with Gasteiger partial charge in [-0.05, 0) is 175 Å². The fourth-order valence-corrected chi connectivity index (χ4v) is 35.5. The topological polar surface area (TPSA) is 110 Å². The van der Waals surface area contributed by atoms with Crippen molar-refractivity contribution in [2.24, 2.45) is 0 Å². The predicted octanol–water partition coefficient (Wildman–Crippen LogP) is 30.5. The van der Waals surface area contributed by atoms with Crippen molar-refractivity contribution in [3.63, 3.8) is 0 Å². The van der Waals surface area contributed by atoms with E-state index in [2.05, 4.69) is 494 Å². The molecule has 31 rings (SSSR count). The number of benzene rings is 19. The molecule has 0 atom stereocenters. The van der Waals surface area contributed by atoms with Crippen LogP contribution in [0.4, 0.5) is 0 Å². The number of fused-ring (bicyclic) bond motifs is 30. The molecule has 19 aromatic carbocycles. The standard InChI is InChI=1S/C48H34N4Si.C42H29N3OSi.C42H29N3SSi/c1-53(2)42-24-14-11-21-39(42)44-47(53)43(31-15-5-3-6-16-31)49-48(50-44)32-25-27-34(28-26-32)52-41-23-13-10-20-36(41)38-30-29-37-35-19-9-12-22-40(35)51(45(37)46(38)52)33-17-7-4-8-18-33;2*1-47(2)36-19-11-8-16-33(36)38-41(47)37(26-12-4-3-5-13-26)43-42(44-38)27-20-22-28(23-21-27)45-34-17-9-6-14-29(34)31-24-25-32-30-15-7-10-18-35(30)46-40(32)39(31)45/h3-30H,1-2H3;2*3-25H,1-2H3. The Balaban J connectivity index is 0.000000104. The number of hydrogen-bond donors (Lipinski definition) is 0. The van der Waals surface area contributed by atoms with E-state index in [1.807, 2.05) is 23.5 Å². The molecule has 0 saturated carbocycles. The summed E-state index contributed by atoms with van der Waals surface area (Å²) in [5, 5.41) is 23.1. The molecular weight excluding hydrogens is 1860 g/mol. The third kappa shape index (κ3) is 13.2. The van der Waals surface area contributed by atoms with E-state index >= 15 is 0 Å². The summed E-state index contributed by atoms with van der Waals surface area (Å²) in [6, 6.07) is 161. The number of para-hydroxylation sites is 6. The van der Waals surface area contributed by atoms with Gasteiger partial charge in [0, 0.05) is 125 Å². The molecule has 0 N–H and O–H groups in total. The van der Waals surface area contributed by atoms with E-state index in [1.165, 1.54) is 144 Å². The van der Waals surface area contributed by atoms with E-state index in [4.69, 9.17) is 34.3 Å². The minimum atomic E-state index is -2.02. The molecule has 28 aromatic rings. The van der Waals surface area contributed by atoms with Gasteiger partial charge in [-0.15, -0.1) is 11.3 Å². The third-order valence-corrected chi connectivity index (χ3v) is 43.0. The van der Waals surface area contributed by atoms with Crippen LogP contribution in [-0.2, 0) is 0 Å². The largest absolute Gasteiger partial charge is 0.454 e. The molecule has 0 spiro atoms. The molecule has 9 aromatic heterocycles. The average molecular weight is 1950 g/mol. The van der Waals surface area contributed by atoms with Crippen LogP contribution in [0.25, 0.3) is 254 Å². The van der Waals surface area contributed by atoms with Gasteiger partial charge in [-0.1, -0.05) is 361 Å². The summed E-state index contributed by atoms with van der Waals surface area (Å²) in [6.45, 7) is 14.6. The Hall–Kier alpha value is -17.7. The van der Waals surface area contributed by atoms with Gasteiger partial charge in [0.2, 0.25) is 0 Å². The SMILES string of the molecule is C[Si]1(C)c2ccccc2-c2nc(-c3ccc(-n4c5ccccc5c5ccc6c7ccccc7n(-c7ccccc7)c6c54)cc3)nc(-c3ccccc3)c21.C[Si]1(C)c2ccccc2-c2nc(-c3ccc(-n4c5ccccc5c5ccc6c7ccccc7oc6c54)cc3)nc(-c3ccccc3)c21.C[Si]1(C)c2ccccc2-c2nc(-c3ccc(-n4c5ccccc5c5ccc6c7ccccc7sc6c54)cc3)nc(-c3ccccc3)c21. The first-order valence-corrected chi connectivity index (χ1v) is 60.3. The van der Waals surface area contributed by atoms with Gasteiger partial charge < -0.3 is 22.7 Å². The highest BCUT2D eigenvalue weighted by Crippen LogP contribution is 2.49. The molecule has 0 saturated heterocycles. The van der Waals surface area contributed by atoms with Crippen molar-refractivity contribution in [2.75, 3.05) is 0 Å². The summed E-state index contributed by atoms with van der Waals surface area (Å²) >= 11 is 1.88. The maximum Gasteiger partial charge on any atom is 0.160 e. The van der Waals surface area contributed by atoms with Crippen LogP contribution in [0.1, 0.15) is 0 Å². The molecule has 694 valence electrons. The number of aromatic nitrogens is 10. The molecule has 15 heteroatoms. The Bertz CT molecular complexity index is 9960. The first-order valence-electron chi connectivity index (χ1n) is 50.5. The normalized spacial score (nSPS) is 13.4. The maximum absolute atomic E-state index is 6.56. The lowest BCUT2D eigenvalue weighted by Crippen LogP contribution is -2.50. The summed E-state index contributed by atoms with van der Waals surface area (Å²) in [6.07, 6.45) is 0. The van der Waals surface area contributed by atoms with Crippen LogP contribution < -0.4 is 31.1 Å². The van der Waals surface area contributed by atoms with Crippen molar-refractivity contribution < 1.29 is 4.42 Å². The fraction of sp³-hybridized carbons (Fsp3) is 0.0455. The number of nitrogens with zero attached hydrogens (tertiary/aromatic N) is 10. The maximum atomic E-state index is 6.56. The summed E-state index contributed by atoms with van der Waals surface area (Å²) in [5.74, 6) is 2.27. The first-order chi connectivity index (χ1) is 72.2. The Morgan fingerprint density at radius 1 is 0.204 bits per heavy atom. The minimum absolute atomic E-state index is 0.748. The third-order valence-electron chi connectivity index (χ3n) is 31.3. The zero-order valence-corrected chi connectivity index (χ0v) is 85.3. The van der Waals surface area contributed by atoms with Crippen LogP contribution in [0.5, 0.6) is 0 Å². The van der Waals surface area contributed by atoms with Gasteiger partial charge in [-0.3, -0.25) is 0 Å². The van der Waals surface area contributed by atoms with E-state index in [1.54, 1.807) is 0 Å². The van der Waals surface area contributed by atoms with Crippen LogP contribution in [-0.4, -0.2) is 72.4 Å². The second kappa shape index (κ2) is 33.2. The van der Waals surface area contributed by atoms with Crippen LogP contribution in [0.2, 0.25) is 39.3 Å². The van der Waals surface area contributed by atoms with E-state index < -0.39 is 24.2 Å². The lowest BCUT2D eigenvalue weighted by Gasteiger charge is -2.21. The molecule has 0 bridgehead atoms. The van der Waals surface area contributed by atoms with Crippen molar-refractivity contribution in [1.82, 2.24) is 48.2 Å². The van der Waals surface area contributed by atoms with Gasteiger partial charge in [-0.25, -0.2) is 29.9 Å². The van der Waals surface area contributed by atoms with Crippen molar-refractivity contribution in [1.29, 1.82) is 0 Å². The monoisotopic (exact) mass is 1950 g/mol. The summed E-state index contributed by atoms with van der Waals surface area (Å²) in [5.41, 5.74) is 32.4. The van der Waals surface area contributed by atoms with Gasteiger partial charge in [0.05, 0.1) is 83.0 Å². The molecular formula is C132H92N10OSSi3. The van der Waals surface area contributed by atoms with Crippen molar-refractivity contribution in [2.45, 2.75) is 39.3 Å². The number of furan rings is 1. The highest BCUT2D eigenvalue weighted by atomic mass is 32.1. The molecule has 3 aliphatic rings. The molecule has 0 fully saturated rings. The molecule has 0 aliphatic carbocycles. The smallest absolute Gasteiger partial charge is 0.160 e. The predicted molar refractivity (Wildman–Crippen MR) is 623 cm³/mol. The van der Waals surface area contributed by atoms with Crippen LogP contribution in [0.15, 0.2) is 453 Å². The Morgan fingerprint density at radius 3 is 0.878 bits per heavy atom. The Morgan fingerprint density at radius 2 is 0.483 bits per heavy atom. The van der Waals surface area contributed by atoms with E-state index in [-0.39, 0.29) is 0 Å². The second-order valence-corrected chi connectivity index (χ2v) is 54.5. The Labute approximate surface area is 854 Å². The zero-order valence-electron chi connectivity index (χ0n) is 81.5. The van der Waals surface area contributed by atoms with E-state index in [0.29, 0.717) is 0 Å². The molecule has 0 amide bonds. The second-order valence-electron chi connectivity index (χ2n) is 40.6. The number of hydrogen-bond acceptors (Lipinski definition) is 8. The summed E-state index contributed by atoms with van der Waals surface area (Å²) in [4.78, 5) is 32.0. The number of rotatable bonds is 10. The lowest BCUT2D eigenvalue weighted by molar-refractivity contribution is 0.671. The van der Waals surface area contributed by atoms with Crippen LogP contribution in [0, 0.1) is 0 Å². The van der Waals surface area contributed by atoms with Gasteiger partial charge in [0.25, 0.3) is 0 Å². The molecule has 3 aliphatic heterocycles. The molecule has 0 unspecified atom stereocenters. The van der Waals surface area contributed by atoms with Crippen LogP contribution in [0.3, 0.4) is 0 Å². The average Bonchev–Trinajstić information content (AvgIpc) is 1.54. The van der Waals surface area contributed by atoms with E-state index in [0.717, 1.165) is 141 Å².